The second kappa shape index (κ2) is 7.68. The van der Waals surface area contributed by atoms with E-state index >= 15 is 0 Å². The van der Waals surface area contributed by atoms with E-state index in [0.29, 0.717) is 12.3 Å². The van der Waals surface area contributed by atoms with Gasteiger partial charge in [-0.1, -0.05) is 48.2 Å². The van der Waals surface area contributed by atoms with Gasteiger partial charge in [0.2, 0.25) is 11.0 Å². The van der Waals surface area contributed by atoms with Crippen molar-refractivity contribution in [3.63, 3.8) is 0 Å². The van der Waals surface area contributed by atoms with E-state index in [1.165, 1.54) is 18.7 Å². The molecule has 1 aromatic carbocycles. The van der Waals surface area contributed by atoms with E-state index in [4.69, 9.17) is 0 Å². The number of hydrogen-bond acceptors (Lipinski definition) is 3. The van der Waals surface area contributed by atoms with E-state index in [1.54, 1.807) is 12.2 Å². The molecular formula is C13H15NO2S. The molecule has 0 aliphatic heterocycles. The first-order chi connectivity index (χ1) is 8.18. The van der Waals surface area contributed by atoms with Crippen LogP contribution in [0.3, 0.4) is 0 Å². The van der Waals surface area contributed by atoms with Gasteiger partial charge in [-0.25, -0.2) is 0 Å². The summed E-state index contributed by atoms with van der Waals surface area (Å²) in [5.41, 5.74) is 1.00. The van der Waals surface area contributed by atoms with Gasteiger partial charge in [-0.2, -0.15) is 0 Å². The second-order valence-electron chi connectivity index (χ2n) is 3.39. The number of hydrogen-bond donors (Lipinski definition) is 1. The first-order valence-corrected chi connectivity index (χ1v) is 6.31. The number of amides is 1. The Hall–Kier alpha value is -1.55. The lowest BCUT2D eigenvalue weighted by molar-refractivity contribution is -0.118. The molecule has 0 aromatic heterocycles. The highest BCUT2D eigenvalue weighted by Crippen LogP contribution is 2.06. The minimum Gasteiger partial charge on any atom is -0.356 e. The highest BCUT2D eigenvalue weighted by Gasteiger charge is 1.97. The van der Waals surface area contributed by atoms with Crippen LogP contribution in [0.2, 0.25) is 0 Å². The van der Waals surface area contributed by atoms with Crippen LogP contribution < -0.4 is 5.32 Å². The first-order valence-electron chi connectivity index (χ1n) is 5.33. The zero-order valence-corrected chi connectivity index (χ0v) is 10.5. The fourth-order valence-electron chi connectivity index (χ4n) is 1.16. The van der Waals surface area contributed by atoms with Crippen molar-refractivity contribution in [3.8, 4) is 0 Å². The predicted octanol–water partition coefficient (Wildman–Crippen LogP) is 2.10. The van der Waals surface area contributed by atoms with E-state index in [2.05, 4.69) is 5.32 Å². The molecule has 1 amide bonds. The molecule has 0 saturated heterocycles. The SMILES string of the molecule is CC(=O)NCCSC(=O)/C=[13CH]/c1ccccc1. The Morgan fingerprint density at radius 2 is 2.00 bits per heavy atom. The molecule has 0 aliphatic rings. The van der Waals surface area contributed by atoms with Gasteiger partial charge in [0, 0.05) is 19.2 Å². The molecule has 1 rings (SSSR count). The maximum Gasteiger partial charge on any atom is 0.216 e. The molecule has 0 radical (unpaired) electrons. The second-order valence-corrected chi connectivity index (χ2v) is 4.49. The minimum absolute atomic E-state index is 0.000736. The Labute approximate surface area is 105 Å². The lowest BCUT2D eigenvalue weighted by Gasteiger charge is -1.98. The van der Waals surface area contributed by atoms with Crippen LogP contribution in [0.4, 0.5) is 0 Å². The number of thioether (sulfide) groups is 1. The number of carbonyl (C=O) groups is 2. The monoisotopic (exact) mass is 250 g/mol. The smallest absolute Gasteiger partial charge is 0.216 e. The van der Waals surface area contributed by atoms with Crippen molar-refractivity contribution < 1.29 is 9.59 Å². The summed E-state index contributed by atoms with van der Waals surface area (Å²) in [5.74, 6) is 0.523. The molecule has 0 saturated carbocycles. The number of nitrogens with one attached hydrogen (secondary N) is 1. The Bertz CT molecular complexity index is 401. The van der Waals surface area contributed by atoms with Gasteiger partial charge in [-0.15, -0.1) is 0 Å². The maximum absolute atomic E-state index is 11.4. The number of rotatable bonds is 5. The lowest BCUT2D eigenvalue weighted by Crippen LogP contribution is -2.22. The summed E-state index contributed by atoms with van der Waals surface area (Å²) in [4.78, 5) is 22.0. The number of carbonyl (C=O) groups excluding carboxylic acids is 2. The van der Waals surface area contributed by atoms with E-state index in [9.17, 15) is 9.59 Å². The molecule has 0 aliphatic carbocycles. The molecule has 90 valence electrons. The Balaban J connectivity index is 2.25. The van der Waals surface area contributed by atoms with Crippen LogP contribution in [-0.2, 0) is 9.59 Å². The summed E-state index contributed by atoms with van der Waals surface area (Å²) in [6.45, 7) is 1.98. The van der Waals surface area contributed by atoms with E-state index in [0.717, 1.165) is 5.56 Å². The van der Waals surface area contributed by atoms with Gasteiger partial charge in [0.05, 0.1) is 0 Å². The van der Waals surface area contributed by atoms with Crippen molar-refractivity contribution in [2.75, 3.05) is 12.3 Å². The van der Waals surface area contributed by atoms with Gasteiger partial charge in [0.15, 0.2) is 0 Å². The fourth-order valence-corrected chi connectivity index (χ4v) is 1.72. The minimum atomic E-state index is -0.0714. The van der Waals surface area contributed by atoms with Crippen molar-refractivity contribution in [1.29, 1.82) is 0 Å². The zero-order valence-electron chi connectivity index (χ0n) is 9.68. The normalized spacial score (nSPS) is 10.4. The topological polar surface area (TPSA) is 46.2 Å². The summed E-state index contributed by atoms with van der Waals surface area (Å²) >= 11 is 1.20. The van der Waals surface area contributed by atoms with Crippen LogP contribution in [0.1, 0.15) is 12.5 Å². The number of benzene rings is 1. The molecule has 0 bridgehead atoms. The zero-order chi connectivity index (χ0) is 12.5. The van der Waals surface area contributed by atoms with E-state index in [1.807, 2.05) is 30.3 Å². The molecule has 0 atom stereocenters. The van der Waals surface area contributed by atoms with E-state index < -0.39 is 0 Å². The van der Waals surface area contributed by atoms with Crippen LogP contribution in [0, 0.1) is 0 Å². The summed E-state index contributed by atoms with van der Waals surface area (Å²) in [7, 11) is 0. The summed E-state index contributed by atoms with van der Waals surface area (Å²) < 4.78 is 0. The molecule has 0 fully saturated rings. The average molecular weight is 250 g/mol. The van der Waals surface area contributed by atoms with Gasteiger partial charge < -0.3 is 5.32 Å². The molecular weight excluding hydrogens is 235 g/mol. The van der Waals surface area contributed by atoms with Crippen molar-refractivity contribution in [2.24, 2.45) is 0 Å². The molecule has 17 heavy (non-hydrogen) atoms. The Kier molecular flexibility index (Phi) is 6.10. The Morgan fingerprint density at radius 1 is 1.29 bits per heavy atom. The third-order valence-electron chi connectivity index (χ3n) is 1.93. The van der Waals surface area contributed by atoms with Gasteiger partial charge in [-0.3, -0.25) is 9.59 Å². The molecule has 1 N–H and O–H groups in total. The van der Waals surface area contributed by atoms with Crippen molar-refractivity contribution >= 4 is 28.9 Å². The van der Waals surface area contributed by atoms with E-state index in [-0.39, 0.29) is 11.0 Å². The molecule has 0 heterocycles. The largest absolute Gasteiger partial charge is 0.356 e. The molecule has 4 heteroatoms. The van der Waals surface area contributed by atoms with Crippen molar-refractivity contribution in [3.05, 3.63) is 42.0 Å². The van der Waals surface area contributed by atoms with Gasteiger partial charge in [0.1, 0.15) is 0 Å². The quantitative estimate of drug-likeness (QED) is 0.494. The predicted molar refractivity (Wildman–Crippen MR) is 71.6 cm³/mol. The molecule has 0 spiro atoms. The van der Waals surface area contributed by atoms with Gasteiger partial charge in [0.25, 0.3) is 0 Å². The highest BCUT2D eigenvalue weighted by molar-refractivity contribution is 8.14. The average Bonchev–Trinajstić information content (AvgIpc) is 2.33. The summed E-state index contributed by atoms with van der Waals surface area (Å²) in [5, 5.41) is 2.64. The van der Waals surface area contributed by atoms with Crippen molar-refractivity contribution in [1.82, 2.24) is 5.32 Å². The van der Waals surface area contributed by atoms with Gasteiger partial charge in [-0.05, 0) is 11.6 Å². The van der Waals surface area contributed by atoms with Crippen LogP contribution >= 0.6 is 11.8 Å². The van der Waals surface area contributed by atoms with Crippen LogP contribution in [0.25, 0.3) is 6.08 Å². The first kappa shape index (κ1) is 13.5. The summed E-state index contributed by atoms with van der Waals surface area (Å²) in [6.07, 6.45) is 3.33. The van der Waals surface area contributed by atoms with Gasteiger partial charge >= 0.3 is 0 Å². The summed E-state index contributed by atoms with van der Waals surface area (Å²) in [6, 6.07) is 9.65. The molecule has 3 nitrogen and oxygen atoms in total. The lowest BCUT2D eigenvalue weighted by atomic mass is 10.3. The molecule has 1 aromatic rings. The Morgan fingerprint density at radius 3 is 2.65 bits per heavy atom. The van der Waals surface area contributed by atoms with Crippen molar-refractivity contribution in [2.45, 2.75) is 6.92 Å². The third-order valence-corrected chi connectivity index (χ3v) is 2.76. The van der Waals surface area contributed by atoms with Crippen LogP contribution in [-0.4, -0.2) is 23.3 Å². The maximum atomic E-state index is 11.4. The standard InChI is InChI=1S/C13H15NO2S/c1-11(15)14-9-10-17-13(16)8-7-12-5-3-2-4-6-12/h2-8H,9-10H2,1H3,(H,14,15)/b8-7+/i7+1. The van der Waals surface area contributed by atoms with Crippen LogP contribution in [0.15, 0.2) is 36.4 Å². The highest BCUT2D eigenvalue weighted by atomic mass is 32.2. The fraction of sp³-hybridized carbons (Fsp3) is 0.231. The third kappa shape index (κ3) is 6.58. The van der Waals surface area contributed by atoms with Crippen LogP contribution in [0.5, 0.6) is 0 Å². The molecule has 0 unspecified atom stereocenters.